The van der Waals surface area contributed by atoms with Crippen molar-refractivity contribution in [2.45, 2.75) is 13.1 Å². The molecule has 0 heterocycles. The second kappa shape index (κ2) is 9.56. The highest BCUT2D eigenvalue weighted by atomic mass is 35.5. The van der Waals surface area contributed by atoms with Crippen molar-refractivity contribution in [3.63, 3.8) is 0 Å². The molecule has 1 N–H and O–H groups in total. The minimum Gasteiger partial charge on any atom is -0.462 e. The maximum absolute atomic E-state index is 13.0. The molecule has 0 fully saturated rings. The van der Waals surface area contributed by atoms with Crippen LogP contribution in [-0.2, 0) is 25.7 Å². The van der Waals surface area contributed by atoms with Gasteiger partial charge in [0.25, 0.3) is 0 Å². The van der Waals surface area contributed by atoms with E-state index in [1.165, 1.54) is 18.2 Å². The van der Waals surface area contributed by atoms with E-state index in [2.05, 4.69) is 5.32 Å². The molecule has 0 aliphatic heterocycles. The molecule has 0 aromatic heterocycles. The fourth-order valence-electron chi connectivity index (χ4n) is 2.54. The molecular weight excluding hydrogens is 461 g/mol. The summed E-state index contributed by atoms with van der Waals surface area (Å²) < 4.78 is 68.5. The van der Waals surface area contributed by atoms with Gasteiger partial charge in [-0.25, -0.2) is 13.2 Å². The van der Waals surface area contributed by atoms with Gasteiger partial charge >= 0.3 is 12.1 Å². The molecule has 12 heteroatoms. The third-order valence-corrected chi connectivity index (χ3v) is 5.35. The zero-order chi connectivity index (χ0) is 23.4. The molecule has 0 radical (unpaired) electrons. The molecule has 0 aliphatic rings. The molecule has 2 aromatic carbocycles. The zero-order valence-corrected chi connectivity index (χ0v) is 17.9. The normalized spacial score (nSPS) is 11.7. The summed E-state index contributed by atoms with van der Waals surface area (Å²) in [4.78, 5) is 24.1. The number of ether oxygens (including phenoxy) is 1. The van der Waals surface area contributed by atoms with Gasteiger partial charge in [0.1, 0.15) is 6.54 Å². The zero-order valence-electron chi connectivity index (χ0n) is 16.4. The summed E-state index contributed by atoms with van der Waals surface area (Å²) in [7, 11) is -4.08. The molecule has 2 aromatic rings. The molecule has 2 rings (SSSR count). The fourth-order valence-corrected chi connectivity index (χ4v) is 3.64. The number of halogens is 4. The van der Waals surface area contributed by atoms with Crippen molar-refractivity contribution in [3.05, 3.63) is 58.6 Å². The fraction of sp³-hybridized carbons (Fsp3) is 0.263. The molecule has 31 heavy (non-hydrogen) atoms. The summed E-state index contributed by atoms with van der Waals surface area (Å²) in [5.41, 5.74) is -1.15. The predicted octanol–water partition coefficient (Wildman–Crippen LogP) is 3.94. The lowest BCUT2D eigenvalue weighted by Gasteiger charge is -2.23. The SMILES string of the molecule is CCOC(=O)c1ccc(NC(=O)CN(c2cccc(C(F)(F)F)c2)S(C)(=O)=O)cc1Cl. The van der Waals surface area contributed by atoms with Gasteiger partial charge in [-0.05, 0) is 43.3 Å². The van der Waals surface area contributed by atoms with Crippen molar-refractivity contribution in [1.29, 1.82) is 0 Å². The molecule has 7 nitrogen and oxygen atoms in total. The Bertz CT molecular complexity index is 1090. The van der Waals surface area contributed by atoms with E-state index in [1.54, 1.807) is 6.92 Å². The first-order valence-corrected chi connectivity index (χ1v) is 11.0. The lowest BCUT2D eigenvalue weighted by atomic mass is 10.2. The second-order valence-corrected chi connectivity index (χ2v) is 8.60. The largest absolute Gasteiger partial charge is 0.462 e. The van der Waals surface area contributed by atoms with Crippen LogP contribution >= 0.6 is 11.6 Å². The van der Waals surface area contributed by atoms with Crippen LogP contribution in [0.4, 0.5) is 24.5 Å². The van der Waals surface area contributed by atoms with Crippen LogP contribution < -0.4 is 9.62 Å². The third kappa shape index (κ3) is 6.59. The number of anilines is 2. The number of nitrogens with one attached hydrogen (secondary N) is 1. The van der Waals surface area contributed by atoms with Gasteiger partial charge in [0.05, 0.1) is 34.7 Å². The highest BCUT2D eigenvalue weighted by Gasteiger charge is 2.32. The minimum atomic E-state index is -4.68. The molecule has 0 saturated heterocycles. The first kappa shape index (κ1) is 24.5. The van der Waals surface area contributed by atoms with Crippen molar-refractivity contribution in [2.75, 3.05) is 29.0 Å². The number of rotatable bonds is 7. The quantitative estimate of drug-likeness (QED) is 0.608. The molecule has 0 unspecified atom stereocenters. The number of benzene rings is 2. The molecule has 0 spiro atoms. The number of hydrogen-bond donors (Lipinski definition) is 1. The summed E-state index contributed by atoms with van der Waals surface area (Å²) >= 11 is 6.01. The summed E-state index contributed by atoms with van der Waals surface area (Å²) in [6, 6.07) is 7.55. The summed E-state index contributed by atoms with van der Waals surface area (Å²) in [5, 5.41) is 2.39. The van der Waals surface area contributed by atoms with Crippen LogP contribution in [0.3, 0.4) is 0 Å². The Balaban J connectivity index is 2.23. The van der Waals surface area contributed by atoms with Crippen molar-refractivity contribution < 1.29 is 35.9 Å². The van der Waals surface area contributed by atoms with E-state index in [4.69, 9.17) is 16.3 Å². The van der Waals surface area contributed by atoms with Crippen LogP contribution in [0, 0.1) is 0 Å². The van der Waals surface area contributed by atoms with E-state index in [1.807, 2.05) is 0 Å². The maximum Gasteiger partial charge on any atom is 0.416 e. The Morgan fingerprint density at radius 2 is 1.84 bits per heavy atom. The Morgan fingerprint density at radius 1 is 1.16 bits per heavy atom. The average molecular weight is 479 g/mol. The number of alkyl halides is 3. The number of nitrogens with zero attached hydrogens (tertiary/aromatic N) is 1. The van der Waals surface area contributed by atoms with Gasteiger partial charge in [-0.2, -0.15) is 13.2 Å². The maximum atomic E-state index is 13.0. The standard InChI is InChI=1S/C19H18ClF3N2O5S/c1-3-30-18(27)15-8-7-13(10-16(15)20)24-17(26)11-25(31(2,28)29)14-6-4-5-12(9-14)19(21,22)23/h4-10H,3,11H2,1-2H3,(H,24,26). The Kier molecular flexibility index (Phi) is 7.55. The van der Waals surface area contributed by atoms with E-state index >= 15 is 0 Å². The number of amides is 1. The minimum absolute atomic E-state index is 0.00547. The van der Waals surface area contributed by atoms with Crippen molar-refractivity contribution >= 4 is 44.9 Å². The first-order valence-electron chi connectivity index (χ1n) is 8.74. The number of carbonyl (C=O) groups excluding carboxylic acids is 2. The van der Waals surface area contributed by atoms with Gasteiger partial charge < -0.3 is 10.1 Å². The van der Waals surface area contributed by atoms with E-state index < -0.39 is 40.2 Å². The van der Waals surface area contributed by atoms with E-state index in [-0.39, 0.29) is 28.6 Å². The number of sulfonamides is 1. The molecular formula is C19H18ClF3N2O5S. The number of esters is 1. The van der Waals surface area contributed by atoms with Gasteiger partial charge in [0, 0.05) is 5.69 Å². The summed E-state index contributed by atoms with van der Waals surface area (Å²) in [6.45, 7) is 0.986. The smallest absolute Gasteiger partial charge is 0.416 e. The lowest BCUT2D eigenvalue weighted by Crippen LogP contribution is -2.37. The van der Waals surface area contributed by atoms with E-state index in [0.717, 1.165) is 24.5 Å². The molecule has 1 amide bonds. The van der Waals surface area contributed by atoms with Gasteiger partial charge in [0.15, 0.2) is 0 Å². The first-order chi connectivity index (χ1) is 14.3. The van der Waals surface area contributed by atoms with Gasteiger partial charge in [-0.1, -0.05) is 17.7 Å². The topological polar surface area (TPSA) is 92.8 Å². The van der Waals surface area contributed by atoms with Crippen LogP contribution in [0.1, 0.15) is 22.8 Å². The third-order valence-electron chi connectivity index (χ3n) is 3.90. The highest BCUT2D eigenvalue weighted by molar-refractivity contribution is 7.92. The molecule has 168 valence electrons. The monoisotopic (exact) mass is 478 g/mol. The molecule has 0 bridgehead atoms. The average Bonchev–Trinajstić information content (AvgIpc) is 2.65. The van der Waals surface area contributed by atoms with Crippen LogP contribution in [0.15, 0.2) is 42.5 Å². The lowest BCUT2D eigenvalue weighted by molar-refractivity contribution is -0.137. The summed E-state index contributed by atoms with van der Waals surface area (Å²) in [6.07, 6.45) is -3.91. The van der Waals surface area contributed by atoms with Crippen LogP contribution in [0.5, 0.6) is 0 Å². The van der Waals surface area contributed by atoms with Crippen molar-refractivity contribution in [3.8, 4) is 0 Å². The highest BCUT2D eigenvalue weighted by Crippen LogP contribution is 2.32. The number of hydrogen-bond acceptors (Lipinski definition) is 5. The molecule has 0 atom stereocenters. The van der Waals surface area contributed by atoms with E-state index in [9.17, 15) is 31.2 Å². The van der Waals surface area contributed by atoms with E-state index in [0.29, 0.717) is 10.4 Å². The van der Waals surface area contributed by atoms with Crippen molar-refractivity contribution in [1.82, 2.24) is 0 Å². The Hall–Kier alpha value is -2.79. The van der Waals surface area contributed by atoms with Crippen LogP contribution in [0.25, 0.3) is 0 Å². The van der Waals surface area contributed by atoms with Gasteiger partial charge in [-0.15, -0.1) is 0 Å². The molecule has 0 aliphatic carbocycles. The van der Waals surface area contributed by atoms with Crippen molar-refractivity contribution in [2.24, 2.45) is 0 Å². The number of carbonyl (C=O) groups is 2. The Morgan fingerprint density at radius 3 is 2.39 bits per heavy atom. The van der Waals surface area contributed by atoms with Gasteiger partial charge in [0.2, 0.25) is 15.9 Å². The van der Waals surface area contributed by atoms with Gasteiger partial charge in [-0.3, -0.25) is 9.10 Å². The van der Waals surface area contributed by atoms with Crippen LogP contribution in [0.2, 0.25) is 5.02 Å². The predicted molar refractivity (Wildman–Crippen MR) is 110 cm³/mol. The molecule has 0 saturated carbocycles. The van der Waals surface area contributed by atoms with Crippen LogP contribution in [-0.4, -0.2) is 39.7 Å². The second-order valence-electron chi connectivity index (χ2n) is 6.28. The summed E-state index contributed by atoms with van der Waals surface area (Å²) in [5.74, 6) is -1.49. The Labute approximate surface area is 181 Å².